The van der Waals surface area contributed by atoms with E-state index in [-0.39, 0.29) is 17.3 Å². The predicted octanol–water partition coefficient (Wildman–Crippen LogP) is 5.35. The molecule has 192 valence electrons. The van der Waals surface area contributed by atoms with Gasteiger partial charge in [-0.15, -0.1) is 0 Å². The maximum atomic E-state index is 13.1. The standard InChI is InChI=1S/C23H28Br2N2O7S/c1-6-27(7-2)35(29,30)21-13-17(9-10-20(21)31-5)33-22-18(24)11-16(12-19(22)25)14-26-34-15(4)23(28)32-8-3/h9-15H,6-8H2,1-5H3/b26-14+. The number of esters is 1. The lowest BCUT2D eigenvalue weighted by molar-refractivity contribution is -0.155. The molecule has 0 aromatic heterocycles. The van der Waals surface area contributed by atoms with E-state index in [4.69, 9.17) is 19.0 Å². The topological polar surface area (TPSA) is 104 Å². The summed E-state index contributed by atoms with van der Waals surface area (Å²) in [5.74, 6) is 0.467. The maximum absolute atomic E-state index is 13.1. The van der Waals surface area contributed by atoms with Crippen LogP contribution in [-0.4, -0.2) is 57.8 Å². The molecule has 12 heteroatoms. The van der Waals surface area contributed by atoms with Gasteiger partial charge in [-0.05, 0) is 75.5 Å². The second kappa shape index (κ2) is 13.2. The number of sulfonamides is 1. The average molecular weight is 636 g/mol. The van der Waals surface area contributed by atoms with Gasteiger partial charge in [-0.25, -0.2) is 13.2 Å². The minimum Gasteiger partial charge on any atom is -0.495 e. The Labute approximate surface area is 222 Å². The molecular formula is C23H28Br2N2O7S. The van der Waals surface area contributed by atoms with Crippen molar-refractivity contribution in [3.8, 4) is 17.2 Å². The molecule has 0 saturated heterocycles. The van der Waals surface area contributed by atoms with Crippen LogP contribution in [0.5, 0.6) is 17.2 Å². The lowest BCUT2D eigenvalue weighted by Crippen LogP contribution is -2.30. The molecule has 0 aliphatic rings. The van der Waals surface area contributed by atoms with Gasteiger partial charge in [0.05, 0.1) is 28.9 Å². The van der Waals surface area contributed by atoms with Crippen molar-refractivity contribution in [2.45, 2.75) is 38.7 Å². The van der Waals surface area contributed by atoms with Crippen molar-refractivity contribution in [1.82, 2.24) is 4.31 Å². The van der Waals surface area contributed by atoms with Crippen LogP contribution in [0, 0.1) is 0 Å². The van der Waals surface area contributed by atoms with Crippen LogP contribution in [0.25, 0.3) is 0 Å². The first kappa shape index (κ1) is 29.1. The number of carbonyl (C=O) groups is 1. The third-order valence-corrected chi connectivity index (χ3v) is 7.99. The number of hydrogen-bond donors (Lipinski definition) is 0. The Bertz CT molecular complexity index is 1150. The molecule has 0 saturated carbocycles. The highest BCUT2D eigenvalue weighted by Gasteiger charge is 2.26. The fourth-order valence-corrected chi connectivity index (χ4v) is 5.99. The molecule has 0 spiro atoms. The first-order valence-electron chi connectivity index (χ1n) is 10.8. The second-order valence-corrected chi connectivity index (χ2v) is 10.7. The van der Waals surface area contributed by atoms with E-state index in [1.54, 1.807) is 52.0 Å². The van der Waals surface area contributed by atoms with Crippen molar-refractivity contribution >= 4 is 54.1 Å². The molecule has 0 heterocycles. The van der Waals surface area contributed by atoms with Gasteiger partial charge in [0, 0.05) is 19.2 Å². The van der Waals surface area contributed by atoms with Gasteiger partial charge in [0.1, 0.15) is 16.4 Å². The molecule has 0 amide bonds. The van der Waals surface area contributed by atoms with Gasteiger partial charge in [-0.1, -0.05) is 19.0 Å². The number of methoxy groups -OCH3 is 1. The van der Waals surface area contributed by atoms with Crippen LogP contribution in [0.3, 0.4) is 0 Å². The zero-order chi connectivity index (χ0) is 26.2. The van der Waals surface area contributed by atoms with E-state index in [0.29, 0.717) is 39.1 Å². The van der Waals surface area contributed by atoms with E-state index >= 15 is 0 Å². The van der Waals surface area contributed by atoms with E-state index in [0.717, 1.165) is 0 Å². The van der Waals surface area contributed by atoms with Crippen LogP contribution in [0.15, 0.2) is 49.3 Å². The Morgan fingerprint density at radius 2 is 1.74 bits per heavy atom. The normalized spacial score (nSPS) is 12.6. The predicted molar refractivity (Wildman–Crippen MR) is 140 cm³/mol. The fourth-order valence-electron chi connectivity index (χ4n) is 2.98. The van der Waals surface area contributed by atoms with Crippen LogP contribution in [0.2, 0.25) is 0 Å². The number of benzene rings is 2. The summed E-state index contributed by atoms with van der Waals surface area (Å²) in [5, 5.41) is 3.84. The van der Waals surface area contributed by atoms with Crippen molar-refractivity contribution in [2.24, 2.45) is 5.16 Å². The number of oxime groups is 1. The summed E-state index contributed by atoms with van der Waals surface area (Å²) in [6, 6.07) is 8.08. The van der Waals surface area contributed by atoms with Crippen LogP contribution < -0.4 is 9.47 Å². The van der Waals surface area contributed by atoms with Crippen molar-refractivity contribution in [2.75, 3.05) is 26.8 Å². The summed E-state index contributed by atoms with van der Waals surface area (Å²) >= 11 is 6.94. The molecule has 1 unspecified atom stereocenters. The lowest BCUT2D eigenvalue weighted by Gasteiger charge is -2.20. The zero-order valence-electron chi connectivity index (χ0n) is 20.1. The molecule has 0 fully saturated rings. The minimum absolute atomic E-state index is 0.0186. The highest BCUT2D eigenvalue weighted by atomic mass is 79.9. The van der Waals surface area contributed by atoms with Gasteiger partial charge < -0.3 is 19.0 Å². The van der Waals surface area contributed by atoms with E-state index in [9.17, 15) is 13.2 Å². The van der Waals surface area contributed by atoms with Crippen molar-refractivity contribution in [3.05, 3.63) is 44.8 Å². The molecule has 0 aliphatic heterocycles. The monoisotopic (exact) mass is 634 g/mol. The molecular weight excluding hydrogens is 608 g/mol. The number of carbonyl (C=O) groups excluding carboxylic acids is 1. The first-order valence-corrected chi connectivity index (χ1v) is 13.8. The molecule has 2 aromatic carbocycles. The number of nitrogens with zero attached hydrogens (tertiary/aromatic N) is 2. The number of halogens is 2. The van der Waals surface area contributed by atoms with Crippen molar-refractivity contribution in [3.63, 3.8) is 0 Å². The van der Waals surface area contributed by atoms with E-state index in [2.05, 4.69) is 37.0 Å². The zero-order valence-corrected chi connectivity index (χ0v) is 24.1. The largest absolute Gasteiger partial charge is 0.495 e. The van der Waals surface area contributed by atoms with Crippen LogP contribution in [-0.2, 0) is 24.4 Å². The van der Waals surface area contributed by atoms with Crippen molar-refractivity contribution < 1.29 is 32.3 Å². The highest BCUT2D eigenvalue weighted by Crippen LogP contribution is 2.39. The third-order valence-electron chi connectivity index (χ3n) is 4.74. The molecule has 9 nitrogen and oxygen atoms in total. The first-order chi connectivity index (χ1) is 16.6. The van der Waals surface area contributed by atoms with Crippen LogP contribution in [0.1, 0.15) is 33.3 Å². The van der Waals surface area contributed by atoms with Gasteiger partial charge in [0.15, 0.2) is 5.75 Å². The van der Waals surface area contributed by atoms with Gasteiger partial charge >= 0.3 is 5.97 Å². The lowest BCUT2D eigenvalue weighted by atomic mass is 10.2. The summed E-state index contributed by atoms with van der Waals surface area (Å²) in [6.45, 7) is 7.72. The van der Waals surface area contributed by atoms with E-state index in [1.807, 2.05) is 0 Å². The van der Waals surface area contributed by atoms with Crippen LogP contribution >= 0.6 is 31.9 Å². The van der Waals surface area contributed by atoms with Gasteiger partial charge in [-0.3, -0.25) is 0 Å². The Balaban J connectivity index is 2.29. The van der Waals surface area contributed by atoms with Gasteiger partial charge in [0.25, 0.3) is 0 Å². The molecule has 35 heavy (non-hydrogen) atoms. The minimum atomic E-state index is -3.77. The highest BCUT2D eigenvalue weighted by molar-refractivity contribution is 9.11. The molecule has 2 rings (SSSR count). The molecule has 2 aromatic rings. The molecule has 0 bridgehead atoms. The Kier molecular flexibility index (Phi) is 11.0. The summed E-state index contributed by atoms with van der Waals surface area (Å²) in [4.78, 5) is 16.8. The SMILES string of the molecule is CCOC(=O)C(C)O/N=C/c1cc(Br)c(Oc2ccc(OC)c(S(=O)(=O)N(CC)CC)c2)c(Br)c1. The number of ether oxygens (including phenoxy) is 3. The summed E-state index contributed by atoms with van der Waals surface area (Å²) in [6.07, 6.45) is 0.606. The third kappa shape index (κ3) is 7.42. The Morgan fingerprint density at radius 1 is 1.11 bits per heavy atom. The summed E-state index contributed by atoms with van der Waals surface area (Å²) in [5.41, 5.74) is 0.659. The van der Waals surface area contributed by atoms with Gasteiger partial charge in [0.2, 0.25) is 16.1 Å². The van der Waals surface area contributed by atoms with E-state index < -0.39 is 22.1 Å². The second-order valence-electron chi connectivity index (χ2n) is 7.05. The molecule has 1 atom stereocenters. The fraction of sp³-hybridized carbons (Fsp3) is 0.391. The smallest absolute Gasteiger partial charge is 0.349 e. The molecule has 0 radical (unpaired) electrons. The molecule has 0 N–H and O–H groups in total. The van der Waals surface area contributed by atoms with Crippen molar-refractivity contribution in [1.29, 1.82) is 0 Å². The summed E-state index contributed by atoms with van der Waals surface area (Å²) < 4.78 is 44.9. The number of hydrogen-bond acceptors (Lipinski definition) is 8. The van der Waals surface area contributed by atoms with Gasteiger partial charge in [-0.2, -0.15) is 4.31 Å². The quantitative estimate of drug-likeness (QED) is 0.176. The van der Waals surface area contributed by atoms with Crippen LogP contribution in [0.4, 0.5) is 0 Å². The average Bonchev–Trinajstić information content (AvgIpc) is 2.82. The molecule has 0 aliphatic carbocycles. The van der Waals surface area contributed by atoms with E-state index in [1.165, 1.54) is 23.7 Å². The number of rotatable bonds is 12. The summed E-state index contributed by atoms with van der Waals surface area (Å²) in [7, 11) is -2.35. The Hall–Kier alpha value is -2.15. The maximum Gasteiger partial charge on any atom is 0.349 e. The Morgan fingerprint density at radius 3 is 2.29 bits per heavy atom.